The summed E-state index contributed by atoms with van der Waals surface area (Å²) in [6.07, 6.45) is -4.46. The molecule has 0 amide bonds. The van der Waals surface area contributed by atoms with Crippen LogP contribution in [0.5, 0.6) is 0 Å². The molecule has 0 spiro atoms. The second kappa shape index (κ2) is 6.73. The van der Waals surface area contributed by atoms with Gasteiger partial charge >= 0.3 is 6.18 Å². The van der Waals surface area contributed by atoms with Crippen molar-refractivity contribution in [1.82, 2.24) is 9.97 Å². The van der Waals surface area contributed by atoms with Crippen molar-refractivity contribution in [2.75, 3.05) is 5.73 Å². The van der Waals surface area contributed by atoms with Crippen LogP contribution in [0.25, 0.3) is 11.4 Å². The van der Waals surface area contributed by atoms with Crippen molar-refractivity contribution in [2.45, 2.75) is 6.18 Å². The lowest BCUT2D eigenvalue weighted by Crippen LogP contribution is -2.04. The van der Waals surface area contributed by atoms with Gasteiger partial charge in [-0.3, -0.25) is 0 Å². The zero-order chi connectivity index (χ0) is 18.9. The van der Waals surface area contributed by atoms with E-state index in [0.29, 0.717) is 0 Å². The fraction of sp³-hybridized carbons (Fsp3) is 0.0556. The van der Waals surface area contributed by atoms with E-state index in [1.54, 1.807) is 0 Å². The summed E-state index contributed by atoms with van der Waals surface area (Å²) >= 11 is 5.98. The lowest BCUT2D eigenvalue weighted by Gasteiger charge is -2.05. The Bertz CT molecular complexity index is 1010. The lowest BCUT2D eigenvalue weighted by molar-refractivity contribution is -0.137. The summed E-state index contributed by atoms with van der Waals surface area (Å²) in [7, 11) is 0. The van der Waals surface area contributed by atoms with Crippen LogP contribution in [0.4, 0.5) is 23.4 Å². The Morgan fingerprint density at radius 1 is 1.08 bits per heavy atom. The molecule has 0 radical (unpaired) electrons. The SMILES string of the molecule is Nc1nc(-c2c(F)cccc2Cl)[nH]c1C#Cc1cccc(C(F)(F)F)c1. The smallest absolute Gasteiger partial charge is 0.381 e. The van der Waals surface area contributed by atoms with Crippen LogP contribution < -0.4 is 5.73 Å². The van der Waals surface area contributed by atoms with Crippen LogP contribution >= 0.6 is 11.6 Å². The molecule has 26 heavy (non-hydrogen) atoms. The van der Waals surface area contributed by atoms with Crippen LogP contribution in [0, 0.1) is 17.7 Å². The van der Waals surface area contributed by atoms with Crippen molar-refractivity contribution in [2.24, 2.45) is 0 Å². The Hall–Kier alpha value is -2.98. The molecule has 0 aliphatic rings. The molecular weight excluding hydrogens is 370 g/mol. The summed E-state index contributed by atoms with van der Waals surface area (Å²) in [6, 6.07) is 8.72. The molecule has 0 bridgehead atoms. The monoisotopic (exact) mass is 379 g/mol. The summed E-state index contributed by atoms with van der Waals surface area (Å²) in [4.78, 5) is 6.73. The summed E-state index contributed by atoms with van der Waals surface area (Å²) in [6.45, 7) is 0. The van der Waals surface area contributed by atoms with Gasteiger partial charge < -0.3 is 10.7 Å². The highest BCUT2D eigenvalue weighted by Gasteiger charge is 2.30. The number of hydrogen-bond acceptors (Lipinski definition) is 2. The molecule has 3 aromatic rings. The predicted octanol–water partition coefficient (Wildman–Crippen LogP) is 4.87. The Labute approximate surface area is 150 Å². The number of aromatic amines is 1. The third-order valence-corrected chi connectivity index (χ3v) is 3.77. The van der Waals surface area contributed by atoms with Crippen molar-refractivity contribution in [1.29, 1.82) is 0 Å². The molecule has 3 nitrogen and oxygen atoms in total. The van der Waals surface area contributed by atoms with E-state index in [-0.39, 0.29) is 33.5 Å². The number of imidazole rings is 1. The molecule has 0 fully saturated rings. The topological polar surface area (TPSA) is 54.7 Å². The lowest BCUT2D eigenvalue weighted by atomic mass is 10.1. The number of anilines is 1. The van der Waals surface area contributed by atoms with E-state index in [1.807, 2.05) is 0 Å². The minimum absolute atomic E-state index is 0.0150. The van der Waals surface area contributed by atoms with E-state index in [9.17, 15) is 17.6 Å². The Kier molecular flexibility index (Phi) is 4.62. The Morgan fingerprint density at radius 2 is 1.81 bits per heavy atom. The molecule has 8 heteroatoms. The number of alkyl halides is 3. The fourth-order valence-electron chi connectivity index (χ4n) is 2.23. The highest BCUT2D eigenvalue weighted by molar-refractivity contribution is 6.33. The third-order valence-electron chi connectivity index (χ3n) is 3.45. The van der Waals surface area contributed by atoms with Gasteiger partial charge in [-0.2, -0.15) is 13.2 Å². The van der Waals surface area contributed by atoms with Gasteiger partial charge in [0.1, 0.15) is 17.3 Å². The van der Waals surface area contributed by atoms with Crippen LogP contribution in [0.15, 0.2) is 42.5 Å². The molecular formula is C18H10ClF4N3. The third kappa shape index (κ3) is 3.65. The number of H-pyrrole nitrogens is 1. The molecule has 0 saturated heterocycles. The van der Waals surface area contributed by atoms with Gasteiger partial charge in [-0.1, -0.05) is 29.7 Å². The highest BCUT2D eigenvalue weighted by atomic mass is 35.5. The number of nitrogen functional groups attached to an aromatic ring is 1. The zero-order valence-electron chi connectivity index (χ0n) is 13.0. The van der Waals surface area contributed by atoms with E-state index in [2.05, 4.69) is 21.8 Å². The normalized spacial score (nSPS) is 11.1. The number of nitrogens with one attached hydrogen (secondary N) is 1. The average Bonchev–Trinajstić information content (AvgIpc) is 2.93. The maximum atomic E-state index is 14.0. The predicted molar refractivity (Wildman–Crippen MR) is 90.8 cm³/mol. The van der Waals surface area contributed by atoms with Crippen molar-refractivity contribution in [3.63, 3.8) is 0 Å². The van der Waals surface area contributed by atoms with E-state index < -0.39 is 17.6 Å². The van der Waals surface area contributed by atoms with E-state index in [4.69, 9.17) is 17.3 Å². The van der Waals surface area contributed by atoms with Crippen LogP contribution in [0.1, 0.15) is 16.8 Å². The van der Waals surface area contributed by atoms with Gasteiger partial charge in [0.05, 0.1) is 16.1 Å². The largest absolute Gasteiger partial charge is 0.416 e. The maximum absolute atomic E-state index is 14.0. The minimum Gasteiger partial charge on any atom is -0.381 e. The second-order valence-corrected chi connectivity index (χ2v) is 5.68. The average molecular weight is 380 g/mol. The number of hydrogen-bond donors (Lipinski definition) is 2. The standard InChI is InChI=1S/C18H10ClF4N3/c19-12-5-2-6-13(20)15(12)17-25-14(16(24)26-17)8-7-10-3-1-4-11(9-10)18(21,22)23/h1-6,9H,24H2,(H,25,26). The quantitative estimate of drug-likeness (QED) is 0.468. The molecule has 1 aromatic heterocycles. The Balaban J connectivity index is 1.97. The number of rotatable bonds is 1. The number of nitrogens with two attached hydrogens (primary N) is 1. The van der Waals surface area contributed by atoms with Crippen LogP contribution in [0.2, 0.25) is 5.02 Å². The van der Waals surface area contributed by atoms with Gasteiger partial charge in [0.25, 0.3) is 0 Å². The van der Waals surface area contributed by atoms with E-state index in [0.717, 1.165) is 12.1 Å². The summed E-state index contributed by atoms with van der Waals surface area (Å²) < 4.78 is 52.1. The number of aromatic nitrogens is 2. The van der Waals surface area contributed by atoms with Gasteiger partial charge in [-0.05, 0) is 36.3 Å². The molecule has 1 heterocycles. The van der Waals surface area contributed by atoms with Crippen LogP contribution in [-0.2, 0) is 6.18 Å². The van der Waals surface area contributed by atoms with Crippen molar-refractivity contribution in [3.8, 4) is 23.2 Å². The van der Waals surface area contributed by atoms with Gasteiger partial charge in [-0.25, -0.2) is 9.37 Å². The van der Waals surface area contributed by atoms with E-state index in [1.165, 1.54) is 30.3 Å². The van der Waals surface area contributed by atoms with Gasteiger partial charge in [0, 0.05) is 5.56 Å². The fourth-order valence-corrected chi connectivity index (χ4v) is 2.48. The first-order valence-electron chi connectivity index (χ1n) is 7.25. The molecule has 0 unspecified atom stereocenters. The van der Waals surface area contributed by atoms with E-state index >= 15 is 0 Å². The Morgan fingerprint density at radius 3 is 2.50 bits per heavy atom. The van der Waals surface area contributed by atoms with Gasteiger partial charge in [-0.15, -0.1) is 0 Å². The van der Waals surface area contributed by atoms with Crippen molar-refractivity contribution >= 4 is 17.4 Å². The summed E-state index contributed by atoms with van der Waals surface area (Å²) in [5.74, 6) is 4.66. The number of benzene rings is 2. The molecule has 3 rings (SSSR count). The molecule has 132 valence electrons. The second-order valence-electron chi connectivity index (χ2n) is 5.27. The first kappa shape index (κ1) is 17.8. The number of halogens is 5. The molecule has 2 aromatic carbocycles. The molecule has 0 aliphatic heterocycles. The van der Waals surface area contributed by atoms with Gasteiger partial charge in [0.15, 0.2) is 5.82 Å². The van der Waals surface area contributed by atoms with Gasteiger partial charge in [0.2, 0.25) is 0 Å². The molecule has 0 atom stereocenters. The van der Waals surface area contributed by atoms with Crippen molar-refractivity contribution in [3.05, 3.63) is 70.1 Å². The first-order valence-corrected chi connectivity index (χ1v) is 7.62. The van der Waals surface area contributed by atoms with Crippen LogP contribution in [0.3, 0.4) is 0 Å². The molecule has 3 N–H and O–H groups in total. The van der Waals surface area contributed by atoms with Crippen molar-refractivity contribution < 1.29 is 17.6 Å². The van der Waals surface area contributed by atoms with Crippen LogP contribution in [-0.4, -0.2) is 9.97 Å². The minimum atomic E-state index is -4.46. The maximum Gasteiger partial charge on any atom is 0.416 e. The summed E-state index contributed by atoms with van der Waals surface area (Å²) in [5, 5.41) is 0.135. The molecule has 0 saturated carbocycles. The zero-order valence-corrected chi connectivity index (χ0v) is 13.7. The first-order chi connectivity index (χ1) is 12.3. The highest BCUT2D eigenvalue weighted by Crippen LogP contribution is 2.30. The molecule has 0 aliphatic carbocycles. The summed E-state index contributed by atoms with van der Waals surface area (Å²) in [5.41, 5.74) is 5.28. The number of nitrogens with zero attached hydrogens (tertiary/aromatic N) is 1.